The standard InChI is InChI=1S/C17H15N3O/c18-16-10-11-19-17(20-16)21-15-8-6-14(7-9-15)12-13-4-2-1-3-5-13/h1-11H,12H2,(H2,18,19,20). The summed E-state index contributed by atoms with van der Waals surface area (Å²) in [5, 5.41) is 0. The maximum atomic E-state index is 5.59. The Balaban J connectivity index is 1.69. The molecule has 2 aromatic carbocycles. The van der Waals surface area contributed by atoms with Crippen LogP contribution in [0.15, 0.2) is 66.9 Å². The van der Waals surface area contributed by atoms with E-state index in [2.05, 4.69) is 22.1 Å². The largest absolute Gasteiger partial charge is 0.424 e. The zero-order valence-corrected chi connectivity index (χ0v) is 11.4. The summed E-state index contributed by atoms with van der Waals surface area (Å²) in [6.45, 7) is 0. The first kappa shape index (κ1) is 13.1. The summed E-state index contributed by atoms with van der Waals surface area (Å²) in [7, 11) is 0. The van der Waals surface area contributed by atoms with Gasteiger partial charge >= 0.3 is 6.01 Å². The van der Waals surface area contributed by atoms with E-state index in [0.717, 1.165) is 6.42 Å². The van der Waals surface area contributed by atoms with Gasteiger partial charge in [-0.3, -0.25) is 0 Å². The number of aromatic nitrogens is 2. The first-order valence-corrected chi connectivity index (χ1v) is 6.69. The fourth-order valence-electron chi connectivity index (χ4n) is 2.02. The number of nitrogens with zero attached hydrogens (tertiary/aromatic N) is 2. The molecule has 0 radical (unpaired) electrons. The minimum absolute atomic E-state index is 0.255. The van der Waals surface area contributed by atoms with Crippen molar-refractivity contribution in [2.24, 2.45) is 0 Å². The van der Waals surface area contributed by atoms with E-state index in [1.54, 1.807) is 12.3 Å². The van der Waals surface area contributed by atoms with Gasteiger partial charge < -0.3 is 10.5 Å². The van der Waals surface area contributed by atoms with Crippen LogP contribution in [0.1, 0.15) is 11.1 Å². The molecule has 0 aliphatic heterocycles. The molecule has 4 nitrogen and oxygen atoms in total. The quantitative estimate of drug-likeness (QED) is 0.793. The summed E-state index contributed by atoms with van der Waals surface area (Å²) in [6, 6.07) is 20.1. The van der Waals surface area contributed by atoms with Gasteiger partial charge in [-0.1, -0.05) is 42.5 Å². The van der Waals surface area contributed by atoms with Gasteiger partial charge in [0.1, 0.15) is 11.6 Å². The lowest BCUT2D eigenvalue weighted by Gasteiger charge is -2.06. The highest BCUT2D eigenvalue weighted by atomic mass is 16.5. The summed E-state index contributed by atoms with van der Waals surface area (Å²) >= 11 is 0. The monoisotopic (exact) mass is 277 g/mol. The van der Waals surface area contributed by atoms with Gasteiger partial charge in [0.15, 0.2) is 0 Å². The first-order valence-electron chi connectivity index (χ1n) is 6.69. The molecule has 0 aliphatic carbocycles. The number of ether oxygens (including phenoxy) is 1. The molecule has 0 fully saturated rings. The van der Waals surface area contributed by atoms with Crippen molar-refractivity contribution in [1.29, 1.82) is 0 Å². The summed E-state index contributed by atoms with van der Waals surface area (Å²) in [5.41, 5.74) is 8.10. The van der Waals surface area contributed by atoms with E-state index >= 15 is 0 Å². The highest BCUT2D eigenvalue weighted by Crippen LogP contribution is 2.19. The van der Waals surface area contributed by atoms with E-state index in [1.807, 2.05) is 42.5 Å². The minimum atomic E-state index is 0.255. The molecule has 0 saturated heterocycles. The van der Waals surface area contributed by atoms with Crippen molar-refractivity contribution < 1.29 is 4.74 Å². The number of nitrogen functional groups attached to an aromatic ring is 1. The highest BCUT2D eigenvalue weighted by molar-refractivity contribution is 5.33. The second kappa shape index (κ2) is 6.05. The van der Waals surface area contributed by atoms with Crippen molar-refractivity contribution in [1.82, 2.24) is 9.97 Å². The molecular weight excluding hydrogens is 262 g/mol. The molecular formula is C17H15N3O. The van der Waals surface area contributed by atoms with Crippen LogP contribution in [0.3, 0.4) is 0 Å². The number of benzene rings is 2. The second-order valence-corrected chi connectivity index (χ2v) is 4.67. The molecule has 0 amide bonds. The molecule has 0 spiro atoms. The van der Waals surface area contributed by atoms with Crippen molar-refractivity contribution >= 4 is 5.82 Å². The van der Waals surface area contributed by atoms with Gasteiger partial charge in [-0.05, 0) is 35.7 Å². The normalized spacial score (nSPS) is 10.3. The molecule has 4 heteroatoms. The van der Waals surface area contributed by atoms with Crippen molar-refractivity contribution in [2.75, 3.05) is 5.73 Å². The van der Waals surface area contributed by atoms with Crippen molar-refractivity contribution in [2.45, 2.75) is 6.42 Å². The molecule has 0 bridgehead atoms. The van der Waals surface area contributed by atoms with Gasteiger partial charge in [-0.2, -0.15) is 4.98 Å². The van der Waals surface area contributed by atoms with Crippen LogP contribution in [0.25, 0.3) is 0 Å². The molecule has 0 atom stereocenters. The molecule has 2 N–H and O–H groups in total. The Hall–Kier alpha value is -2.88. The first-order chi connectivity index (χ1) is 10.3. The van der Waals surface area contributed by atoms with Crippen molar-refractivity contribution in [3.05, 3.63) is 78.0 Å². The van der Waals surface area contributed by atoms with Crippen LogP contribution in [0, 0.1) is 0 Å². The summed E-state index contributed by atoms with van der Waals surface area (Å²) in [4.78, 5) is 8.01. The fourth-order valence-corrected chi connectivity index (χ4v) is 2.02. The van der Waals surface area contributed by atoms with E-state index in [9.17, 15) is 0 Å². The van der Waals surface area contributed by atoms with E-state index < -0.39 is 0 Å². The lowest BCUT2D eigenvalue weighted by molar-refractivity contribution is 0.442. The van der Waals surface area contributed by atoms with Gasteiger partial charge in [0.25, 0.3) is 0 Å². The predicted octanol–water partition coefficient (Wildman–Crippen LogP) is 3.44. The van der Waals surface area contributed by atoms with E-state index in [4.69, 9.17) is 10.5 Å². The molecule has 1 heterocycles. The predicted molar refractivity (Wildman–Crippen MR) is 82.2 cm³/mol. The van der Waals surface area contributed by atoms with E-state index in [-0.39, 0.29) is 6.01 Å². The van der Waals surface area contributed by atoms with Crippen molar-refractivity contribution in [3.8, 4) is 11.8 Å². The van der Waals surface area contributed by atoms with Crippen LogP contribution in [-0.4, -0.2) is 9.97 Å². The number of nitrogens with two attached hydrogens (primary N) is 1. The average molecular weight is 277 g/mol. The number of hydrogen-bond acceptors (Lipinski definition) is 4. The highest BCUT2D eigenvalue weighted by Gasteiger charge is 2.01. The molecule has 104 valence electrons. The van der Waals surface area contributed by atoms with Crippen LogP contribution in [-0.2, 0) is 6.42 Å². The Kier molecular flexibility index (Phi) is 3.78. The summed E-state index contributed by atoms with van der Waals surface area (Å²) < 4.78 is 5.56. The van der Waals surface area contributed by atoms with Crippen LogP contribution >= 0.6 is 0 Å². The van der Waals surface area contributed by atoms with Gasteiger partial charge in [0, 0.05) is 6.20 Å². The van der Waals surface area contributed by atoms with Crippen LogP contribution in [0.2, 0.25) is 0 Å². The van der Waals surface area contributed by atoms with E-state index in [0.29, 0.717) is 11.6 Å². The molecule has 21 heavy (non-hydrogen) atoms. The number of rotatable bonds is 4. The van der Waals surface area contributed by atoms with E-state index in [1.165, 1.54) is 11.1 Å². The SMILES string of the molecule is Nc1ccnc(Oc2ccc(Cc3ccccc3)cc2)n1. The summed E-state index contributed by atoms with van der Waals surface area (Å²) in [5.74, 6) is 1.08. The molecule has 3 aromatic rings. The number of anilines is 1. The molecule has 0 saturated carbocycles. The Morgan fingerprint density at radius 2 is 1.57 bits per heavy atom. The zero-order chi connectivity index (χ0) is 14.5. The molecule has 0 aliphatic rings. The van der Waals surface area contributed by atoms with Gasteiger partial charge in [-0.15, -0.1) is 0 Å². The smallest absolute Gasteiger partial charge is 0.323 e. The fraction of sp³-hybridized carbons (Fsp3) is 0.0588. The molecule has 0 unspecified atom stereocenters. The lowest BCUT2D eigenvalue weighted by Crippen LogP contribution is -1.95. The van der Waals surface area contributed by atoms with Gasteiger partial charge in [-0.25, -0.2) is 4.98 Å². The topological polar surface area (TPSA) is 61.0 Å². The van der Waals surface area contributed by atoms with Crippen LogP contribution in [0.4, 0.5) is 5.82 Å². The number of hydrogen-bond donors (Lipinski definition) is 1. The maximum absolute atomic E-state index is 5.59. The zero-order valence-electron chi connectivity index (χ0n) is 11.4. The maximum Gasteiger partial charge on any atom is 0.323 e. The van der Waals surface area contributed by atoms with Crippen molar-refractivity contribution in [3.63, 3.8) is 0 Å². The molecule has 1 aromatic heterocycles. The Morgan fingerprint density at radius 3 is 2.29 bits per heavy atom. The summed E-state index contributed by atoms with van der Waals surface area (Å²) in [6.07, 6.45) is 2.47. The van der Waals surface area contributed by atoms with Crippen LogP contribution in [0.5, 0.6) is 11.8 Å². The van der Waals surface area contributed by atoms with Crippen LogP contribution < -0.4 is 10.5 Å². The third-order valence-electron chi connectivity index (χ3n) is 3.04. The third-order valence-corrected chi connectivity index (χ3v) is 3.04. The average Bonchev–Trinajstić information content (AvgIpc) is 2.50. The Morgan fingerprint density at radius 1 is 0.857 bits per heavy atom. The molecule has 3 rings (SSSR count). The van der Waals surface area contributed by atoms with Gasteiger partial charge in [0.05, 0.1) is 0 Å². The Bertz CT molecular complexity index is 712. The van der Waals surface area contributed by atoms with Gasteiger partial charge in [0.2, 0.25) is 0 Å². The third kappa shape index (κ3) is 3.57. The Labute approximate surface area is 123 Å². The lowest BCUT2D eigenvalue weighted by atomic mass is 10.1. The minimum Gasteiger partial charge on any atom is -0.424 e. The second-order valence-electron chi connectivity index (χ2n) is 4.67.